The van der Waals surface area contributed by atoms with Gasteiger partial charge in [-0.2, -0.15) is 5.10 Å². The third-order valence-electron chi connectivity index (χ3n) is 9.20. The Morgan fingerprint density at radius 1 is 1.09 bits per heavy atom. The largest absolute Gasteiger partial charge is 0.393 e. The number of rotatable bonds is 8. The highest BCUT2D eigenvalue weighted by Gasteiger charge is 2.28. The number of benzene rings is 1. The highest BCUT2D eigenvalue weighted by Crippen LogP contribution is 2.37. The molecule has 10 nitrogen and oxygen atoms in total. The van der Waals surface area contributed by atoms with Gasteiger partial charge in [0.1, 0.15) is 5.69 Å². The summed E-state index contributed by atoms with van der Waals surface area (Å²) in [4.78, 5) is 27.7. The standard InChI is InChI=1S/C33H43FN8O2/c1-21-17-27(30(34)31(36-21)24-19-35-40(4)20-24)32(44)38-33-37-28-10-5-23(22-11-13-41(14-12-22)16-15-39(2)3)18-29(28)42(33)25-6-8-26(43)9-7-25/h5,10,17-20,22,25-26,43H,6-9,11-16H2,1-4H3,(H,37,38,44)/t25-,26+. The Bertz CT molecular complexity index is 1630. The number of aryl methyl sites for hydroxylation is 2. The number of aromatic nitrogens is 5. The summed E-state index contributed by atoms with van der Waals surface area (Å²) in [6.07, 6.45) is 8.04. The van der Waals surface area contributed by atoms with Gasteiger partial charge in [-0.25, -0.2) is 14.4 Å². The van der Waals surface area contributed by atoms with Crippen molar-refractivity contribution in [1.29, 1.82) is 0 Å². The molecule has 2 aliphatic rings. The third kappa shape index (κ3) is 6.40. The van der Waals surface area contributed by atoms with Crippen LogP contribution >= 0.6 is 0 Å². The van der Waals surface area contributed by atoms with Gasteiger partial charge in [0.25, 0.3) is 5.91 Å². The van der Waals surface area contributed by atoms with Crippen LogP contribution in [0.3, 0.4) is 0 Å². The predicted molar refractivity (Wildman–Crippen MR) is 169 cm³/mol. The third-order valence-corrected chi connectivity index (χ3v) is 9.20. The number of carbonyl (C=O) groups excluding carboxylic acids is 1. The van der Waals surface area contributed by atoms with Gasteiger partial charge in [-0.1, -0.05) is 6.07 Å². The van der Waals surface area contributed by atoms with Crippen molar-refractivity contribution in [2.45, 2.75) is 63.5 Å². The van der Waals surface area contributed by atoms with Crippen LogP contribution in [0.5, 0.6) is 0 Å². The number of nitrogens with zero attached hydrogens (tertiary/aromatic N) is 7. The Balaban J connectivity index is 1.31. The number of likely N-dealkylation sites (N-methyl/N-ethyl adjacent to an activating group) is 1. The van der Waals surface area contributed by atoms with E-state index in [9.17, 15) is 9.90 Å². The summed E-state index contributed by atoms with van der Waals surface area (Å²) in [6, 6.07) is 7.99. The summed E-state index contributed by atoms with van der Waals surface area (Å²) in [7, 11) is 5.98. The number of imidazole rings is 1. The maximum absolute atomic E-state index is 15.8. The molecule has 1 aromatic carbocycles. The molecule has 0 unspecified atom stereocenters. The molecule has 1 saturated heterocycles. The zero-order valence-corrected chi connectivity index (χ0v) is 26.1. The number of anilines is 1. The molecule has 0 radical (unpaired) electrons. The van der Waals surface area contributed by atoms with Gasteiger partial charge in [-0.3, -0.25) is 14.8 Å². The number of aliphatic hydroxyl groups excluding tert-OH is 1. The van der Waals surface area contributed by atoms with Crippen LogP contribution < -0.4 is 5.32 Å². The summed E-state index contributed by atoms with van der Waals surface area (Å²) in [5.74, 6) is -0.400. The van der Waals surface area contributed by atoms with Crippen molar-refractivity contribution in [3.05, 3.63) is 59.3 Å². The van der Waals surface area contributed by atoms with E-state index in [0.29, 0.717) is 36.0 Å². The van der Waals surface area contributed by atoms with E-state index in [1.54, 1.807) is 24.9 Å². The lowest BCUT2D eigenvalue weighted by atomic mass is 9.89. The van der Waals surface area contributed by atoms with Crippen molar-refractivity contribution in [2.24, 2.45) is 7.05 Å². The molecule has 1 aliphatic heterocycles. The average Bonchev–Trinajstić information content (AvgIpc) is 3.60. The minimum atomic E-state index is -0.691. The van der Waals surface area contributed by atoms with Crippen LogP contribution in [0, 0.1) is 12.7 Å². The highest BCUT2D eigenvalue weighted by molar-refractivity contribution is 6.05. The Labute approximate surface area is 257 Å². The topological polar surface area (TPSA) is 104 Å². The number of nitrogens with one attached hydrogen (secondary N) is 1. The molecule has 4 aromatic rings. The molecule has 1 amide bonds. The maximum Gasteiger partial charge on any atom is 0.261 e. The van der Waals surface area contributed by atoms with E-state index in [-0.39, 0.29) is 23.4 Å². The van der Waals surface area contributed by atoms with Crippen LogP contribution in [-0.2, 0) is 7.05 Å². The van der Waals surface area contributed by atoms with Gasteiger partial charge in [0.15, 0.2) is 5.82 Å². The fourth-order valence-electron chi connectivity index (χ4n) is 6.70. The Morgan fingerprint density at radius 3 is 2.52 bits per heavy atom. The summed E-state index contributed by atoms with van der Waals surface area (Å²) in [5.41, 5.74) is 4.09. The van der Waals surface area contributed by atoms with Gasteiger partial charge in [-0.15, -0.1) is 0 Å². The quantitative estimate of drug-likeness (QED) is 0.300. The molecule has 0 bridgehead atoms. The smallest absolute Gasteiger partial charge is 0.261 e. The predicted octanol–water partition coefficient (Wildman–Crippen LogP) is 4.75. The lowest BCUT2D eigenvalue weighted by Crippen LogP contribution is -2.37. The fraction of sp³-hybridized carbons (Fsp3) is 0.515. The van der Waals surface area contributed by atoms with Crippen molar-refractivity contribution < 1.29 is 14.3 Å². The molecule has 11 heteroatoms. The maximum atomic E-state index is 15.8. The summed E-state index contributed by atoms with van der Waals surface area (Å²) < 4.78 is 19.4. The van der Waals surface area contributed by atoms with Crippen LogP contribution in [-0.4, -0.2) is 91.5 Å². The molecule has 1 aliphatic carbocycles. The molecule has 6 rings (SSSR count). The normalized spacial score (nSPS) is 20.1. The lowest BCUT2D eigenvalue weighted by molar-refractivity contribution is 0.101. The van der Waals surface area contributed by atoms with Crippen LogP contribution in [0.25, 0.3) is 22.3 Å². The van der Waals surface area contributed by atoms with Gasteiger partial charge >= 0.3 is 0 Å². The monoisotopic (exact) mass is 602 g/mol. The Hall–Kier alpha value is -3.67. The van der Waals surface area contributed by atoms with E-state index < -0.39 is 11.7 Å². The molecule has 0 atom stereocenters. The van der Waals surface area contributed by atoms with E-state index in [1.165, 1.54) is 17.8 Å². The number of hydrogen-bond donors (Lipinski definition) is 2. The number of likely N-dealkylation sites (tertiary alicyclic amines) is 1. The van der Waals surface area contributed by atoms with E-state index in [4.69, 9.17) is 4.98 Å². The second-order valence-electron chi connectivity index (χ2n) is 12.8. The van der Waals surface area contributed by atoms with E-state index >= 15 is 4.39 Å². The molecule has 1 saturated carbocycles. The Morgan fingerprint density at radius 2 is 1.84 bits per heavy atom. The van der Waals surface area contributed by atoms with E-state index in [1.807, 2.05) is 6.07 Å². The first-order valence-electron chi connectivity index (χ1n) is 15.7. The zero-order valence-electron chi connectivity index (χ0n) is 26.1. The number of carbonyl (C=O) groups is 1. The first kappa shape index (κ1) is 30.4. The van der Waals surface area contributed by atoms with Crippen molar-refractivity contribution in [2.75, 3.05) is 45.6 Å². The van der Waals surface area contributed by atoms with E-state index in [2.05, 4.69) is 56.0 Å². The minimum Gasteiger partial charge on any atom is -0.393 e. The van der Waals surface area contributed by atoms with Gasteiger partial charge in [0.05, 0.1) is 28.9 Å². The number of halogens is 1. The SMILES string of the molecule is Cc1cc(C(=O)Nc2nc3ccc(C4CCN(CCN(C)C)CC4)cc3n2[C@H]2CC[C@@H](O)CC2)c(F)c(-c2cnn(C)c2)n1. The first-order chi connectivity index (χ1) is 21.2. The number of aliphatic hydroxyl groups is 1. The number of hydrogen-bond acceptors (Lipinski definition) is 7. The van der Waals surface area contributed by atoms with Gasteiger partial charge in [0, 0.05) is 43.6 Å². The summed E-state index contributed by atoms with van der Waals surface area (Å²) >= 11 is 0. The lowest BCUT2D eigenvalue weighted by Gasteiger charge is -2.33. The number of amides is 1. The molecule has 4 heterocycles. The highest BCUT2D eigenvalue weighted by atomic mass is 19.1. The second-order valence-corrected chi connectivity index (χ2v) is 12.8. The van der Waals surface area contributed by atoms with Crippen molar-refractivity contribution in [3.63, 3.8) is 0 Å². The van der Waals surface area contributed by atoms with Gasteiger partial charge in [-0.05, 0) is 102 Å². The molecule has 44 heavy (non-hydrogen) atoms. The molecule has 234 valence electrons. The minimum absolute atomic E-state index is 0.0665. The van der Waals surface area contributed by atoms with Gasteiger partial charge in [0.2, 0.25) is 5.95 Å². The van der Waals surface area contributed by atoms with Crippen molar-refractivity contribution in [1.82, 2.24) is 34.1 Å². The zero-order chi connectivity index (χ0) is 31.0. The molecule has 2 fully saturated rings. The molecule has 3 aromatic heterocycles. The van der Waals surface area contributed by atoms with E-state index in [0.717, 1.165) is 62.9 Å². The molecule has 0 spiro atoms. The molecular weight excluding hydrogens is 559 g/mol. The number of fused-ring (bicyclic) bond motifs is 1. The Kier molecular flexibility index (Phi) is 8.80. The van der Waals surface area contributed by atoms with Gasteiger partial charge < -0.3 is 19.5 Å². The summed E-state index contributed by atoms with van der Waals surface area (Å²) in [6.45, 7) is 6.05. The molecule has 2 N–H and O–H groups in total. The van der Waals surface area contributed by atoms with Crippen LogP contribution in [0.1, 0.15) is 72.1 Å². The second kappa shape index (κ2) is 12.7. The van der Waals surface area contributed by atoms with Crippen molar-refractivity contribution in [3.8, 4) is 11.3 Å². The first-order valence-corrected chi connectivity index (χ1v) is 15.7. The summed E-state index contributed by atoms with van der Waals surface area (Å²) in [5, 5.41) is 17.3. The average molecular weight is 603 g/mol. The molecular formula is C33H43FN8O2. The van der Waals surface area contributed by atoms with Crippen molar-refractivity contribution >= 4 is 22.9 Å². The number of piperidine rings is 1. The number of pyridine rings is 1. The fourth-order valence-corrected chi connectivity index (χ4v) is 6.70. The van der Waals surface area contributed by atoms with Crippen LogP contribution in [0.2, 0.25) is 0 Å². The van der Waals surface area contributed by atoms with Crippen LogP contribution in [0.15, 0.2) is 36.7 Å². The van der Waals surface area contributed by atoms with Crippen LogP contribution in [0.4, 0.5) is 10.3 Å².